The lowest BCUT2D eigenvalue weighted by molar-refractivity contribution is -0.137. The third kappa shape index (κ3) is 4.90. The number of hydrogen-bond acceptors (Lipinski definition) is 4. The van der Waals surface area contributed by atoms with Gasteiger partial charge in [-0.3, -0.25) is 9.59 Å². The number of carbonyl (C=O) groups excluding carboxylic acids is 2. The van der Waals surface area contributed by atoms with Gasteiger partial charge in [-0.1, -0.05) is 6.07 Å². The van der Waals surface area contributed by atoms with E-state index < -0.39 is 5.25 Å². The summed E-state index contributed by atoms with van der Waals surface area (Å²) in [4.78, 5) is 22.8. The van der Waals surface area contributed by atoms with E-state index in [1.54, 1.807) is 26.0 Å². The second-order valence-electron chi connectivity index (χ2n) is 3.98. The number of nitrogens with one attached hydrogen (secondary N) is 1. The number of rotatable bonds is 5. The molecule has 0 aromatic heterocycles. The maximum atomic E-state index is 13.3. The zero-order chi connectivity index (χ0) is 14.4. The highest BCUT2D eigenvalue weighted by molar-refractivity contribution is 8.01. The molecule has 1 aromatic carbocycles. The molecule has 0 radical (unpaired) electrons. The first-order valence-corrected chi connectivity index (χ1v) is 6.74. The van der Waals surface area contributed by atoms with Crippen LogP contribution in [-0.4, -0.2) is 30.0 Å². The van der Waals surface area contributed by atoms with Crippen molar-refractivity contribution in [1.29, 1.82) is 0 Å². The van der Waals surface area contributed by atoms with Crippen LogP contribution in [0.1, 0.15) is 12.5 Å². The molecule has 0 aliphatic rings. The van der Waals surface area contributed by atoms with Gasteiger partial charge in [-0.05, 0) is 31.5 Å². The van der Waals surface area contributed by atoms with E-state index in [-0.39, 0.29) is 23.4 Å². The third-order valence-electron chi connectivity index (χ3n) is 2.49. The number of benzene rings is 1. The number of halogens is 1. The molecule has 1 amide bonds. The van der Waals surface area contributed by atoms with Crippen LogP contribution < -0.4 is 5.32 Å². The predicted molar refractivity (Wildman–Crippen MR) is 73.7 cm³/mol. The van der Waals surface area contributed by atoms with Crippen LogP contribution in [0, 0.1) is 12.7 Å². The molecule has 1 aromatic rings. The first-order chi connectivity index (χ1) is 8.93. The molecule has 1 N–H and O–H groups in total. The van der Waals surface area contributed by atoms with Crippen molar-refractivity contribution in [3.8, 4) is 0 Å². The fourth-order valence-electron chi connectivity index (χ4n) is 1.24. The highest BCUT2D eigenvalue weighted by Crippen LogP contribution is 2.16. The van der Waals surface area contributed by atoms with Crippen molar-refractivity contribution in [2.45, 2.75) is 19.1 Å². The Balaban J connectivity index is 2.53. The number of esters is 1. The molecule has 104 valence electrons. The van der Waals surface area contributed by atoms with Gasteiger partial charge in [-0.25, -0.2) is 4.39 Å². The minimum atomic E-state index is -0.427. The van der Waals surface area contributed by atoms with Crippen LogP contribution in [0.4, 0.5) is 10.1 Å². The molecule has 4 nitrogen and oxygen atoms in total. The van der Waals surface area contributed by atoms with Gasteiger partial charge in [0.05, 0.1) is 18.1 Å². The van der Waals surface area contributed by atoms with E-state index in [4.69, 9.17) is 0 Å². The van der Waals surface area contributed by atoms with Crippen LogP contribution in [0.2, 0.25) is 0 Å². The van der Waals surface area contributed by atoms with Crippen molar-refractivity contribution >= 4 is 29.3 Å². The van der Waals surface area contributed by atoms with Gasteiger partial charge in [0.1, 0.15) is 5.82 Å². The van der Waals surface area contributed by atoms with Crippen molar-refractivity contribution in [2.24, 2.45) is 0 Å². The van der Waals surface area contributed by atoms with Crippen molar-refractivity contribution in [3.05, 3.63) is 29.6 Å². The Labute approximate surface area is 115 Å². The molecular weight excluding hydrogens is 269 g/mol. The lowest BCUT2D eigenvalue weighted by Crippen LogP contribution is -2.24. The van der Waals surface area contributed by atoms with Gasteiger partial charge in [-0.2, -0.15) is 0 Å². The standard InChI is InChI=1S/C13H16FNO3S/c1-8-4-5-10(6-11(8)14)15-13(17)9(2)19-7-12(16)18-3/h4-6,9H,7H2,1-3H3,(H,15,17). The molecule has 0 aliphatic carbocycles. The minimum Gasteiger partial charge on any atom is -0.468 e. The highest BCUT2D eigenvalue weighted by atomic mass is 32.2. The van der Waals surface area contributed by atoms with Crippen LogP contribution in [-0.2, 0) is 14.3 Å². The number of ether oxygens (including phenoxy) is 1. The summed E-state index contributed by atoms with van der Waals surface area (Å²) in [6.45, 7) is 3.32. The summed E-state index contributed by atoms with van der Waals surface area (Å²) in [5.41, 5.74) is 0.921. The molecule has 0 aliphatic heterocycles. The Bertz CT molecular complexity index is 479. The minimum absolute atomic E-state index is 0.105. The molecular formula is C13H16FNO3S. The molecule has 1 atom stereocenters. The first-order valence-electron chi connectivity index (χ1n) is 5.69. The Morgan fingerprint density at radius 3 is 2.74 bits per heavy atom. The van der Waals surface area contributed by atoms with Crippen LogP contribution in [0.15, 0.2) is 18.2 Å². The van der Waals surface area contributed by atoms with Gasteiger partial charge in [0, 0.05) is 5.69 Å². The Morgan fingerprint density at radius 1 is 1.47 bits per heavy atom. The second-order valence-corrected chi connectivity index (χ2v) is 5.31. The molecule has 1 rings (SSSR count). The first kappa shape index (κ1) is 15.5. The van der Waals surface area contributed by atoms with Crippen molar-refractivity contribution in [3.63, 3.8) is 0 Å². The zero-order valence-corrected chi connectivity index (χ0v) is 11.8. The predicted octanol–water partition coefficient (Wildman–Crippen LogP) is 2.37. The van der Waals surface area contributed by atoms with E-state index in [0.29, 0.717) is 11.3 Å². The summed E-state index contributed by atoms with van der Waals surface area (Å²) in [5.74, 6) is -0.927. The van der Waals surface area contributed by atoms with E-state index in [9.17, 15) is 14.0 Å². The topological polar surface area (TPSA) is 55.4 Å². The summed E-state index contributed by atoms with van der Waals surface area (Å²) in [5, 5.41) is 2.17. The van der Waals surface area contributed by atoms with E-state index >= 15 is 0 Å². The Kier molecular flexibility index (Phi) is 5.82. The number of aryl methyl sites for hydroxylation is 1. The van der Waals surface area contributed by atoms with Gasteiger partial charge < -0.3 is 10.1 Å². The van der Waals surface area contributed by atoms with E-state index in [1.807, 2.05) is 0 Å². The molecule has 0 heterocycles. The van der Waals surface area contributed by atoms with Gasteiger partial charge in [0.25, 0.3) is 0 Å². The van der Waals surface area contributed by atoms with Gasteiger partial charge in [-0.15, -0.1) is 11.8 Å². The maximum absolute atomic E-state index is 13.3. The SMILES string of the molecule is COC(=O)CSC(C)C(=O)Nc1ccc(C)c(F)c1. The van der Waals surface area contributed by atoms with Crippen molar-refractivity contribution in [1.82, 2.24) is 0 Å². The molecule has 0 fully saturated rings. The van der Waals surface area contributed by atoms with Crippen LogP contribution in [0.25, 0.3) is 0 Å². The lowest BCUT2D eigenvalue weighted by Gasteiger charge is -2.11. The third-order valence-corrected chi connectivity index (χ3v) is 3.60. The number of anilines is 1. The quantitative estimate of drug-likeness (QED) is 0.844. The maximum Gasteiger partial charge on any atom is 0.315 e. The zero-order valence-electron chi connectivity index (χ0n) is 11.0. The molecule has 6 heteroatoms. The van der Waals surface area contributed by atoms with E-state index in [1.165, 1.54) is 13.2 Å². The highest BCUT2D eigenvalue weighted by Gasteiger charge is 2.15. The fraction of sp³-hybridized carbons (Fsp3) is 0.385. The van der Waals surface area contributed by atoms with Gasteiger partial charge in [0.2, 0.25) is 5.91 Å². The van der Waals surface area contributed by atoms with Crippen LogP contribution in [0.5, 0.6) is 0 Å². The fourth-order valence-corrected chi connectivity index (χ4v) is 1.96. The molecule has 0 saturated heterocycles. The Morgan fingerprint density at radius 2 is 2.16 bits per heavy atom. The molecule has 0 spiro atoms. The molecule has 1 unspecified atom stereocenters. The number of amides is 1. The number of methoxy groups -OCH3 is 1. The number of thioether (sulfide) groups is 1. The van der Waals surface area contributed by atoms with E-state index in [0.717, 1.165) is 11.8 Å². The summed E-state index contributed by atoms with van der Waals surface area (Å²) >= 11 is 1.16. The lowest BCUT2D eigenvalue weighted by atomic mass is 10.2. The average molecular weight is 285 g/mol. The Hall–Kier alpha value is -1.56. The van der Waals surface area contributed by atoms with Crippen LogP contribution in [0.3, 0.4) is 0 Å². The average Bonchev–Trinajstić information content (AvgIpc) is 2.39. The second kappa shape index (κ2) is 7.13. The van der Waals surface area contributed by atoms with Gasteiger partial charge >= 0.3 is 5.97 Å². The normalized spacial score (nSPS) is 11.8. The molecule has 19 heavy (non-hydrogen) atoms. The smallest absolute Gasteiger partial charge is 0.315 e. The van der Waals surface area contributed by atoms with Crippen molar-refractivity contribution in [2.75, 3.05) is 18.2 Å². The summed E-state index contributed by atoms with van der Waals surface area (Å²) in [7, 11) is 1.29. The summed E-state index contributed by atoms with van der Waals surface area (Å²) in [6, 6.07) is 4.50. The summed E-state index contributed by atoms with van der Waals surface area (Å²) in [6.07, 6.45) is 0. The summed E-state index contributed by atoms with van der Waals surface area (Å²) < 4.78 is 17.8. The van der Waals surface area contributed by atoms with Crippen molar-refractivity contribution < 1.29 is 18.7 Å². The van der Waals surface area contributed by atoms with Gasteiger partial charge in [0.15, 0.2) is 0 Å². The van der Waals surface area contributed by atoms with E-state index in [2.05, 4.69) is 10.1 Å². The monoisotopic (exact) mass is 285 g/mol. The number of hydrogen-bond donors (Lipinski definition) is 1. The van der Waals surface area contributed by atoms with Crippen LogP contribution >= 0.6 is 11.8 Å². The number of carbonyl (C=O) groups is 2. The molecule has 0 bridgehead atoms. The largest absolute Gasteiger partial charge is 0.468 e. The molecule has 0 saturated carbocycles.